The molecule has 0 aliphatic heterocycles. The molecule has 11 heteroatoms. The zero-order valence-corrected chi connectivity index (χ0v) is 21.4. The van der Waals surface area contributed by atoms with E-state index in [1.807, 2.05) is 30.3 Å². The highest BCUT2D eigenvalue weighted by atomic mass is 32.2. The Labute approximate surface area is 210 Å². The zero-order chi connectivity index (χ0) is 26.3. The van der Waals surface area contributed by atoms with Crippen LogP contribution >= 0.6 is 11.8 Å². The molecule has 2 N–H and O–H groups in total. The lowest BCUT2D eigenvalue weighted by molar-refractivity contribution is -0.152. The molecule has 0 aliphatic rings. The average molecular weight is 511 g/mol. The molecular weight excluding hydrogens is 476 g/mol. The number of rotatable bonds is 13. The molecule has 2 amide bonds. The number of nitrogens with one attached hydrogen (secondary N) is 2. The minimum atomic E-state index is -0.748. The summed E-state index contributed by atoms with van der Waals surface area (Å²) in [6.45, 7) is 10.1. The number of hydrogen-bond acceptors (Lipinski definition) is 9. The van der Waals surface area contributed by atoms with Crippen molar-refractivity contribution >= 4 is 35.9 Å². The molecule has 0 spiro atoms. The van der Waals surface area contributed by atoms with E-state index in [4.69, 9.17) is 18.9 Å². The van der Waals surface area contributed by atoms with E-state index < -0.39 is 29.7 Å². The van der Waals surface area contributed by atoms with E-state index in [9.17, 15) is 19.2 Å². The Hall–Kier alpha value is -3.21. The van der Waals surface area contributed by atoms with Crippen molar-refractivity contribution < 1.29 is 38.1 Å². The van der Waals surface area contributed by atoms with E-state index in [0.29, 0.717) is 5.75 Å². The Morgan fingerprint density at radius 2 is 1.54 bits per heavy atom. The molecule has 10 nitrogen and oxygen atoms in total. The predicted octanol–water partition coefficient (Wildman–Crippen LogP) is 3.31. The van der Waals surface area contributed by atoms with Crippen molar-refractivity contribution in [1.29, 1.82) is 0 Å². The SMILES string of the molecule is C=C(C)C(=O)OCCNC(=O)OC(COC(=O)NCCOC(=O)C(C)(C)C)CSc1ccccc1. The molecule has 0 saturated heterocycles. The predicted molar refractivity (Wildman–Crippen MR) is 131 cm³/mol. The second kappa shape index (κ2) is 15.6. The van der Waals surface area contributed by atoms with Crippen molar-refractivity contribution in [2.45, 2.75) is 38.7 Å². The fraction of sp³-hybridized carbons (Fsp3) is 0.500. The largest absolute Gasteiger partial charge is 0.463 e. The molecule has 0 saturated carbocycles. The minimum absolute atomic E-state index is 0.00729. The lowest BCUT2D eigenvalue weighted by Crippen LogP contribution is -2.37. The van der Waals surface area contributed by atoms with Crippen LogP contribution in [0.2, 0.25) is 0 Å². The molecule has 0 radical (unpaired) electrons. The fourth-order valence-corrected chi connectivity index (χ4v) is 3.06. The third kappa shape index (κ3) is 13.9. The van der Waals surface area contributed by atoms with Crippen LogP contribution in [0.3, 0.4) is 0 Å². The van der Waals surface area contributed by atoms with Crippen molar-refractivity contribution in [3.8, 4) is 0 Å². The van der Waals surface area contributed by atoms with E-state index in [1.165, 1.54) is 18.7 Å². The summed E-state index contributed by atoms with van der Waals surface area (Å²) >= 11 is 1.43. The van der Waals surface area contributed by atoms with Gasteiger partial charge in [0.25, 0.3) is 0 Å². The lowest BCUT2D eigenvalue weighted by Gasteiger charge is -2.19. The highest BCUT2D eigenvalue weighted by molar-refractivity contribution is 7.99. The molecule has 1 unspecified atom stereocenters. The summed E-state index contributed by atoms with van der Waals surface area (Å²) in [7, 11) is 0. The molecule has 0 fully saturated rings. The maximum absolute atomic E-state index is 12.1. The molecule has 0 aromatic heterocycles. The van der Waals surface area contributed by atoms with E-state index in [-0.39, 0.29) is 44.5 Å². The summed E-state index contributed by atoms with van der Waals surface area (Å²) in [4.78, 5) is 48.2. The van der Waals surface area contributed by atoms with Gasteiger partial charge in [-0.05, 0) is 39.8 Å². The normalized spacial score (nSPS) is 11.5. The van der Waals surface area contributed by atoms with Crippen LogP contribution in [0.5, 0.6) is 0 Å². The monoisotopic (exact) mass is 510 g/mol. The summed E-state index contributed by atoms with van der Waals surface area (Å²) in [6, 6.07) is 9.47. The molecule has 1 aromatic rings. The third-order valence-electron chi connectivity index (χ3n) is 4.02. The van der Waals surface area contributed by atoms with Gasteiger partial charge >= 0.3 is 24.1 Å². The highest BCUT2D eigenvalue weighted by Gasteiger charge is 2.23. The quantitative estimate of drug-likeness (QED) is 0.135. The minimum Gasteiger partial charge on any atom is -0.463 e. The molecule has 0 bridgehead atoms. The van der Waals surface area contributed by atoms with E-state index in [0.717, 1.165) is 4.90 Å². The number of alkyl carbamates (subject to hydrolysis) is 2. The van der Waals surface area contributed by atoms with Gasteiger partial charge < -0.3 is 29.6 Å². The maximum atomic E-state index is 12.1. The first-order valence-electron chi connectivity index (χ1n) is 11.0. The van der Waals surface area contributed by atoms with Gasteiger partial charge in [0, 0.05) is 16.2 Å². The van der Waals surface area contributed by atoms with Crippen molar-refractivity contribution in [3.05, 3.63) is 42.5 Å². The number of ether oxygens (including phenoxy) is 4. The number of hydrogen-bond donors (Lipinski definition) is 2. The first kappa shape index (κ1) is 29.8. The van der Waals surface area contributed by atoms with Crippen LogP contribution < -0.4 is 10.6 Å². The van der Waals surface area contributed by atoms with Crippen LogP contribution in [-0.2, 0) is 28.5 Å². The Morgan fingerprint density at radius 1 is 0.943 bits per heavy atom. The number of amides is 2. The molecular formula is C24H34N2O8S. The second-order valence-electron chi connectivity index (χ2n) is 8.41. The van der Waals surface area contributed by atoms with Gasteiger partial charge in [-0.1, -0.05) is 24.8 Å². The van der Waals surface area contributed by atoms with Gasteiger partial charge in [-0.3, -0.25) is 4.79 Å². The van der Waals surface area contributed by atoms with Gasteiger partial charge in [0.2, 0.25) is 0 Å². The number of benzene rings is 1. The van der Waals surface area contributed by atoms with Crippen molar-refractivity contribution in [2.75, 3.05) is 38.7 Å². The summed E-state index contributed by atoms with van der Waals surface area (Å²) in [5, 5.41) is 4.95. The van der Waals surface area contributed by atoms with Crippen molar-refractivity contribution in [3.63, 3.8) is 0 Å². The molecule has 0 heterocycles. The van der Waals surface area contributed by atoms with Crippen LogP contribution in [-0.4, -0.2) is 68.9 Å². The molecule has 0 aliphatic carbocycles. The first-order chi connectivity index (χ1) is 16.5. The Morgan fingerprint density at radius 3 is 2.14 bits per heavy atom. The summed E-state index contributed by atoms with van der Waals surface area (Å²) < 4.78 is 20.5. The number of esters is 2. The van der Waals surface area contributed by atoms with Gasteiger partial charge in [0.1, 0.15) is 25.9 Å². The number of carbonyl (C=O) groups is 4. The molecule has 35 heavy (non-hydrogen) atoms. The Bertz CT molecular complexity index is 855. The van der Waals surface area contributed by atoms with E-state index >= 15 is 0 Å². The van der Waals surface area contributed by atoms with Crippen LogP contribution in [0.15, 0.2) is 47.4 Å². The third-order valence-corrected chi connectivity index (χ3v) is 5.17. The summed E-state index contributed by atoms with van der Waals surface area (Å²) in [5.74, 6) is -0.595. The van der Waals surface area contributed by atoms with Crippen LogP contribution in [0.4, 0.5) is 9.59 Å². The van der Waals surface area contributed by atoms with Crippen molar-refractivity contribution in [2.24, 2.45) is 5.41 Å². The Balaban J connectivity index is 2.46. The van der Waals surface area contributed by atoms with Crippen LogP contribution in [0.1, 0.15) is 27.7 Å². The first-order valence-corrected chi connectivity index (χ1v) is 12.0. The molecule has 1 atom stereocenters. The standard InChI is InChI=1S/C24H34N2O8S/c1-17(2)20(27)31-13-11-26-23(30)34-18(16-35-19-9-7-6-8-10-19)15-33-22(29)25-12-14-32-21(28)24(3,4)5/h6-10,18H,1,11-16H2,2-5H3,(H,25,29)(H,26,30). The highest BCUT2D eigenvalue weighted by Crippen LogP contribution is 2.19. The second-order valence-corrected chi connectivity index (χ2v) is 9.50. The fourth-order valence-electron chi connectivity index (χ4n) is 2.17. The van der Waals surface area contributed by atoms with E-state index in [1.54, 1.807) is 20.8 Å². The summed E-state index contributed by atoms with van der Waals surface area (Å²) in [6.07, 6.45) is -2.22. The van der Waals surface area contributed by atoms with Gasteiger partial charge in [-0.2, -0.15) is 0 Å². The van der Waals surface area contributed by atoms with Crippen molar-refractivity contribution in [1.82, 2.24) is 10.6 Å². The lowest BCUT2D eigenvalue weighted by atomic mass is 9.97. The van der Waals surface area contributed by atoms with Crippen LogP contribution in [0, 0.1) is 5.41 Å². The Kier molecular flexibility index (Phi) is 13.3. The molecule has 1 rings (SSSR count). The zero-order valence-electron chi connectivity index (χ0n) is 20.6. The van der Waals surface area contributed by atoms with Gasteiger partial charge in [0.05, 0.1) is 18.5 Å². The van der Waals surface area contributed by atoms with Gasteiger partial charge in [-0.25, -0.2) is 14.4 Å². The smallest absolute Gasteiger partial charge is 0.407 e. The maximum Gasteiger partial charge on any atom is 0.407 e. The molecule has 1 aromatic carbocycles. The van der Waals surface area contributed by atoms with Crippen LogP contribution in [0.25, 0.3) is 0 Å². The van der Waals surface area contributed by atoms with Gasteiger partial charge in [0.15, 0.2) is 0 Å². The molecule has 194 valence electrons. The summed E-state index contributed by atoms with van der Waals surface area (Å²) in [5.41, 5.74) is -0.373. The van der Waals surface area contributed by atoms with E-state index in [2.05, 4.69) is 17.2 Å². The average Bonchev–Trinajstić information content (AvgIpc) is 2.80. The number of thioether (sulfide) groups is 1. The topological polar surface area (TPSA) is 129 Å². The number of carbonyl (C=O) groups excluding carboxylic acids is 4. The van der Waals surface area contributed by atoms with Gasteiger partial charge in [-0.15, -0.1) is 11.8 Å².